The number of hydrogen-bond acceptors (Lipinski definition) is 3. The molecule has 0 aliphatic carbocycles. The zero-order chi connectivity index (χ0) is 10.4. The van der Waals surface area contributed by atoms with E-state index in [0.717, 1.165) is 31.7 Å². The van der Waals surface area contributed by atoms with Crippen LogP contribution in [0.15, 0.2) is 0 Å². The van der Waals surface area contributed by atoms with Gasteiger partial charge in [-0.2, -0.15) is 0 Å². The molecule has 0 saturated carbocycles. The van der Waals surface area contributed by atoms with Crippen LogP contribution in [0.2, 0.25) is 0 Å². The summed E-state index contributed by atoms with van der Waals surface area (Å²) in [5.74, 6) is 0.719. The van der Waals surface area contributed by atoms with Gasteiger partial charge in [0, 0.05) is 13.5 Å². The molecule has 0 radical (unpaired) electrons. The van der Waals surface area contributed by atoms with E-state index in [1.165, 1.54) is 12.8 Å². The van der Waals surface area contributed by atoms with Crippen LogP contribution in [0.4, 0.5) is 0 Å². The van der Waals surface area contributed by atoms with Gasteiger partial charge >= 0.3 is 0 Å². The SMILES string of the molecule is COC1CC(C)CC(CCCCN)O1. The topological polar surface area (TPSA) is 44.5 Å². The molecular formula is C11H23NO2. The van der Waals surface area contributed by atoms with Crippen molar-refractivity contribution in [3.63, 3.8) is 0 Å². The smallest absolute Gasteiger partial charge is 0.157 e. The number of nitrogens with two attached hydrogens (primary N) is 1. The van der Waals surface area contributed by atoms with Crippen LogP contribution in [0.5, 0.6) is 0 Å². The first-order chi connectivity index (χ1) is 6.76. The fourth-order valence-corrected chi connectivity index (χ4v) is 2.05. The molecular weight excluding hydrogens is 178 g/mol. The fraction of sp³-hybridized carbons (Fsp3) is 1.00. The van der Waals surface area contributed by atoms with Gasteiger partial charge < -0.3 is 15.2 Å². The van der Waals surface area contributed by atoms with E-state index in [1.807, 2.05) is 0 Å². The molecule has 1 saturated heterocycles. The van der Waals surface area contributed by atoms with Crippen LogP contribution in [0.25, 0.3) is 0 Å². The Morgan fingerprint density at radius 3 is 2.79 bits per heavy atom. The van der Waals surface area contributed by atoms with Crippen molar-refractivity contribution in [2.24, 2.45) is 11.7 Å². The molecule has 14 heavy (non-hydrogen) atoms. The van der Waals surface area contributed by atoms with Gasteiger partial charge in [-0.25, -0.2) is 0 Å². The van der Waals surface area contributed by atoms with Gasteiger partial charge in [-0.1, -0.05) is 6.92 Å². The molecule has 3 atom stereocenters. The standard InChI is InChI=1S/C11H23NO2/c1-9-7-10(5-3-4-6-12)14-11(8-9)13-2/h9-11H,3-8,12H2,1-2H3. The van der Waals surface area contributed by atoms with Gasteiger partial charge in [-0.3, -0.25) is 0 Å². The minimum atomic E-state index is 0.0154. The third kappa shape index (κ3) is 3.95. The molecule has 1 aliphatic heterocycles. The fourth-order valence-electron chi connectivity index (χ4n) is 2.05. The second kappa shape index (κ2) is 6.38. The van der Waals surface area contributed by atoms with Crippen LogP contribution in [-0.4, -0.2) is 26.0 Å². The van der Waals surface area contributed by atoms with E-state index >= 15 is 0 Å². The molecule has 0 aromatic heterocycles. The summed E-state index contributed by atoms with van der Waals surface area (Å²) in [4.78, 5) is 0. The lowest BCUT2D eigenvalue weighted by atomic mass is 9.94. The van der Waals surface area contributed by atoms with E-state index in [9.17, 15) is 0 Å². The Balaban J connectivity index is 2.23. The van der Waals surface area contributed by atoms with Gasteiger partial charge in [0.1, 0.15) is 0 Å². The summed E-state index contributed by atoms with van der Waals surface area (Å²) in [6, 6.07) is 0. The van der Waals surface area contributed by atoms with Crippen LogP contribution in [-0.2, 0) is 9.47 Å². The zero-order valence-corrected chi connectivity index (χ0v) is 9.37. The third-order valence-corrected chi connectivity index (χ3v) is 2.85. The maximum atomic E-state index is 5.79. The summed E-state index contributed by atoms with van der Waals surface area (Å²) in [5.41, 5.74) is 5.46. The van der Waals surface area contributed by atoms with Gasteiger partial charge in [-0.05, 0) is 38.1 Å². The predicted octanol–water partition coefficient (Wildman–Crippen LogP) is 1.90. The maximum Gasteiger partial charge on any atom is 0.157 e. The highest BCUT2D eigenvalue weighted by molar-refractivity contribution is 4.71. The van der Waals surface area contributed by atoms with Crippen molar-refractivity contribution in [1.82, 2.24) is 0 Å². The van der Waals surface area contributed by atoms with E-state index in [0.29, 0.717) is 6.10 Å². The number of ether oxygens (including phenoxy) is 2. The molecule has 3 heteroatoms. The van der Waals surface area contributed by atoms with Gasteiger partial charge in [0.25, 0.3) is 0 Å². The first-order valence-electron chi connectivity index (χ1n) is 5.64. The molecule has 0 aromatic carbocycles. The minimum absolute atomic E-state index is 0.0154. The number of hydrogen-bond donors (Lipinski definition) is 1. The molecule has 0 spiro atoms. The molecule has 0 amide bonds. The largest absolute Gasteiger partial charge is 0.356 e. The Bertz CT molecular complexity index is 152. The van der Waals surface area contributed by atoms with Crippen LogP contribution < -0.4 is 5.73 Å². The highest BCUT2D eigenvalue weighted by atomic mass is 16.7. The van der Waals surface area contributed by atoms with Crippen molar-refractivity contribution in [3.05, 3.63) is 0 Å². The molecule has 0 aromatic rings. The average Bonchev–Trinajstić information content (AvgIpc) is 2.17. The third-order valence-electron chi connectivity index (χ3n) is 2.85. The van der Waals surface area contributed by atoms with E-state index in [1.54, 1.807) is 7.11 Å². The summed E-state index contributed by atoms with van der Waals surface area (Å²) in [6.45, 7) is 3.06. The van der Waals surface area contributed by atoms with E-state index in [2.05, 4.69) is 6.92 Å². The molecule has 2 N–H and O–H groups in total. The first-order valence-corrected chi connectivity index (χ1v) is 5.64. The molecule has 1 rings (SSSR count). The van der Waals surface area contributed by atoms with Gasteiger partial charge in [0.2, 0.25) is 0 Å². The molecule has 0 bridgehead atoms. The van der Waals surface area contributed by atoms with Crippen LogP contribution >= 0.6 is 0 Å². The van der Waals surface area contributed by atoms with Crippen molar-refractivity contribution in [1.29, 1.82) is 0 Å². The van der Waals surface area contributed by atoms with E-state index < -0.39 is 0 Å². The van der Waals surface area contributed by atoms with E-state index in [4.69, 9.17) is 15.2 Å². The Hall–Kier alpha value is -0.120. The number of unbranched alkanes of at least 4 members (excludes halogenated alkanes) is 1. The summed E-state index contributed by atoms with van der Waals surface area (Å²) >= 11 is 0. The highest BCUT2D eigenvalue weighted by Crippen LogP contribution is 2.27. The Labute approximate surface area is 86.9 Å². The van der Waals surface area contributed by atoms with Crippen molar-refractivity contribution in [2.45, 2.75) is 51.4 Å². The summed E-state index contributed by atoms with van der Waals surface area (Å²) in [6.07, 6.45) is 6.00. The van der Waals surface area contributed by atoms with E-state index in [-0.39, 0.29) is 6.29 Å². The second-order valence-electron chi connectivity index (χ2n) is 4.28. The van der Waals surface area contributed by atoms with Crippen LogP contribution in [0.3, 0.4) is 0 Å². The number of rotatable bonds is 5. The molecule has 1 heterocycles. The van der Waals surface area contributed by atoms with Crippen LogP contribution in [0, 0.1) is 5.92 Å². The van der Waals surface area contributed by atoms with Crippen LogP contribution in [0.1, 0.15) is 39.0 Å². The quantitative estimate of drug-likeness (QED) is 0.691. The molecule has 3 nitrogen and oxygen atoms in total. The molecule has 3 unspecified atom stereocenters. The lowest BCUT2D eigenvalue weighted by Gasteiger charge is -2.33. The summed E-state index contributed by atoms with van der Waals surface area (Å²) < 4.78 is 11.0. The van der Waals surface area contributed by atoms with Crippen molar-refractivity contribution < 1.29 is 9.47 Å². The Morgan fingerprint density at radius 1 is 1.36 bits per heavy atom. The second-order valence-corrected chi connectivity index (χ2v) is 4.28. The van der Waals surface area contributed by atoms with Crippen molar-refractivity contribution >= 4 is 0 Å². The Morgan fingerprint density at radius 2 is 2.14 bits per heavy atom. The average molecular weight is 201 g/mol. The molecule has 1 fully saturated rings. The van der Waals surface area contributed by atoms with Gasteiger partial charge in [0.15, 0.2) is 6.29 Å². The van der Waals surface area contributed by atoms with Gasteiger partial charge in [0.05, 0.1) is 6.10 Å². The highest BCUT2D eigenvalue weighted by Gasteiger charge is 2.26. The summed E-state index contributed by atoms with van der Waals surface area (Å²) in [7, 11) is 1.72. The first kappa shape index (κ1) is 12.0. The lowest BCUT2D eigenvalue weighted by Crippen LogP contribution is -2.33. The minimum Gasteiger partial charge on any atom is -0.356 e. The zero-order valence-electron chi connectivity index (χ0n) is 9.37. The summed E-state index contributed by atoms with van der Waals surface area (Å²) in [5, 5.41) is 0. The van der Waals surface area contributed by atoms with Gasteiger partial charge in [-0.15, -0.1) is 0 Å². The molecule has 1 aliphatic rings. The normalized spacial score (nSPS) is 33.2. The van der Waals surface area contributed by atoms with Crippen molar-refractivity contribution in [2.75, 3.05) is 13.7 Å². The predicted molar refractivity (Wildman–Crippen MR) is 57.0 cm³/mol. The molecule has 84 valence electrons. The maximum absolute atomic E-state index is 5.79. The monoisotopic (exact) mass is 201 g/mol. The lowest BCUT2D eigenvalue weighted by molar-refractivity contribution is -0.192. The number of methoxy groups -OCH3 is 1. The Kier molecular flexibility index (Phi) is 5.45. The van der Waals surface area contributed by atoms with Crippen molar-refractivity contribution in [3.8, 4) is 0 Å².